The van der Waals surface area contributed by atoms with Crippen LogP contribution >= 0.6 is 0 Å². The Bertz CT molecular complexity index is 326. The molecule has 0 radical (unpaired) electrons. The normalized spacial score (nSPS) is 11.4. The van der Waals surface area contributed by atoms with E-state index in [4.69, 9.17) is 5.73 Å². The molecule has 0 amide bonds. The van der Waals surface area contributed by atoms with E-state index in [1.165, 1.54) is 0 Å². The van der Waals surface area contributed by atoms with Crippen molar-refractivity contribution >= 4 is 5.96 Å². The number of nitrogens with two attached hydrogens (primary N) is 1. The summed E-state index contributed by atoms with van der Waals surface area (Å²) in [5.41, 5.74) is 6.63. The zero-order valence-corrected chi connectivity index (χ0v) is 8.98. The lowest BCUT2D eigenvalue weighted by Gasteiger charge is -2.05. The standard InChI is InChI=1S/C10H17N5/c1-9(2)7-14-10(11)13-4-6-15-5-3-12-8-15/h3,5,8H,1,4,6-7H2,2H3,(H3,11,13,14). The zero-order valence-electron chi connectivity index (χ0n) is 8.98. The van der Waals surface area contributed by atoms with E-state index in [1.807, 2.05) is 17.7 Å². The molecular formula is C10H17N5. The van der Waals surface area contributed by atoms with Crippen molar-refractivity contribution in [2.75, 3.05) is 13.1 Å². The average molecular weight is 207 g/mol. The molecule has 15 heavy (non-hydrogen) atoms. The van der Waals surface area contributed by atoms with E-state index in [0.29, 0.717) is 12.5 Å². The average Bonchev–Trinajstić information content (AvgIpc) is 2.67. The molecule has 82 valence electrons. The van der Waals surface area contributed by atoms with Gasteiger partial charge in [0.05, 0.1) is 12.9 Å². The van der Waals surface area contributed by atoms with Gasteiger partial charge in [-0.25, -0.2) is 9.98 Å². The molecule has 5 nitrogen and oxygen atoms in total. The first-order valence-electron chi connectivity index (χ1n) is 4.82. The second-order valence-corrected chi connectivity index (χ2v) is 3.39. The maximum absolute atomic E-state index is 5.63. The number of imidazole rings is 1. The molecule has 5 heteroatoms. The van der Waals surface area contributed by atoms with Gasteiger partial charge in [0.1, 0.15) is 0 Å². The van der Waals surface area contributed by atoms with E-state index in [9.17, 15) is 0 Å². The number of aliphatic imine (C=N–C) groups is 1. The Morgan fingerprint density at radius 1 is 1.67 bits per heavy atom. The summed E-state index contributed by atoms with van der Waals surface area (Å²) in [4.78, 5) is 8.04. The van der Waals surface area contributed by atoms with Crippen molar-refractivity contribution in [1.29, 1.82) is 0 Å². The first-order valence-corrected chi connectivity index (χ1v) is 4.82. The molecule has 0 fully saturated rings. The van der Waals surface area contributed by atoms with Crippen molar-refractivity contribution in [3.05, 3.63) is 30.9 Å². The smallest absolute Gasteiger partial charge is 0.188 e. The van der Waals surface area contributed by atoms with Crippen LogP contribution in [-0.2, 0) is 6.54 Å². The van der Waals surface area contributed by atoms with Crippen molar-refractivity contribution in [1.82, 2.24) is 14.9 Å². The maximum Gasteiger partial charge on any atom is 0.188 e. The van der Waals surface area contributed by atoms with Crippen LogP contribution in [0.3, 0.4) is 0 Å². The van der Waals surface area contributed by atoms with E-state index in [0.717, 1.165) is 18.7 Å². The van der Waals surface area contributed by atoms with Gasteiger partial charge in [-0.2, -0.15) is 0 Å². The van der Waals surface area contributed by atoms with Crippen LogP contribution in [0.15, 0.2) is 35.9 Å². The molecule has 0 aromatic carbocycles. The van der Waals surface area contributed by atoms with Crippen LogP contribution in [0, 0.1) is 0 Å². The monoisotopic (exact) mass is 207 g/mol. The molecule has 3 N–H and O–H groups in total. The number of hydrogen-bond donors (Lipinski definition) is 2. The maximum atomic E-state index is 5.63. The summed E-state index contributed by atoms with van der Waals surface area (Å²) in [6, 6.07) is 0. The SMILES string of the molecule is C=C(C)CN=C(N)NCCn1ccnc1. The molecular weight excluding hydrogens is 190 g/mol. The lowest BCUT2D eigenvalue weighted by atomic mass is 10.4. The predicted molar refractivity (Wildman–Crippen MR) is 61.5 cm³/mol. The molecule has 0 saturated carbocycles. The summed E-state index contributed by atoms with van der Waals surface area (Å²) in [7, 11) is 0. The highest BCUT2D eigenvalue weighted by Gasteiger charge is 1.92. The first-order chi connectivity index (χ1) is 7.18. The summed E-state index contributed by atoms with van der Waals surface area (Å²) < 4.78 is 1.97. The van der Waals surface area contributed by atoms with Crippen molar-refractivity contribution < 1.29 is 0 Å². The van der Waals surface area contributed by atoms with Crippen LogP contribution in [0.4, 0.5) is 0 Å². The zero-order chi connectivity index (χ0) is 11.1. The minimum Gasteiger partial charge on any atom is -0.370 e. The van der Waals surface area contributed by atoms with Gasteiger partial charge in [-0.3, -0.25) is 0 Å². The van der Waals surface area contributed by atoms with Gasteiger partial charge in [-0.15, -0.1) is 0 Å². The van der Waals surface area contributed by atoms with Gasteiger partial charge in [0.15, 0.2) is 5.96 Å². The Labute approximate surface area is 89.7 Å². The fourth-order valence-corrected chi connectivity index (χ4v) is 1.01. The highest BCUT2D eigenvalue weighted by Crippen LogP contribution is 1.86. The van der Waals surface area contributed by atoms with Crippen LogP contribution in [-0.4, -0.2) is 28.6 Å². The number of hydrogen-bond acceptors (Lipinski definition) is 2. The fraction of sp³-hybridized carbons (Fsp3) is 0.400. The summed E-state index contributed by atoms with van der Waals surface area (Å²) in [5, 5.41) is 3.01. The molecule has 1 aromatic rings. The third kappa shape index (κ3) is 4.85. The van der Waals surface area contributed by atoms with E-state index >= 15 is 0 Å². The lowest BCUT2D eigenvalue weighted by Crippen LogP contribution is -2.34. The third-order valence-electron chi connectivity index (χ3n) is 1.75. The molecule has 0 bridgehead atoms. The molecule has 0 atom stereocenters. The quantitative estimate of drug-likeness (QED) is 0.416. The van der Waals surface area contributed by atoms with Crippen LogP contribution in [0.5, 0.6) is 0 Å². The Hall–Kier alpha value is -1.78. The first kappa shape index (κ1) is 11.3. The van der Waals surface area contributed by atoms with Crippen LogP contribution < -0.4 is 11.1 Å². The highest BCUT2D eigenvalue weighted by molar-refractivity contribution is 5.77. The number of nitrogens with zero attached hydrogens (tertiary/aromatic N) is 3. The van der Waals surface area contributed by atoms with E-state index in [1.54, 1.807) is 12.5 Å². The van der Waals surface area contributed by atoms with Gasteiger partial charge in [0, 0.05) is 25.5 Å². The third-order valence-corrected chi connectivity index (χ3v) is 1.75. The highest BCUT2D eigenvalue weighted by atomic mass is 15.1. The summed E-state index contributed by atoms with van der Waals surface area (Å²) in [5.74, 6) is 0.457. The van der Waals surface area contributed by atoms with E-state index in [-0.39, 0.29) is 0 Å². The number of guanidine groups is 1. The molecule has 1 heterocycles. The van der Waals surface area contributed by atoms with Crippen LogP contribution in [0.25, 0.3) is 0 Å². The molecule has 1 aromatic heterocycles. The van der Waals surface area contributed by atoms with Crippen molar-refractivity contribution in [2.24, 2.45) is 10.7 Å². The Morgan fingerprint density at radius 2 is 2.47 bits per heavy atom. The van der Waals surface area contributed by atoms with Crippen molar-refractivity contribution in [3.63, 3.8) is 0 Å². The van der Waals surface area contributed by atoms with Crippen LogP contribution in [0.2, 0.25) is 0 Å². The van der Waals surface area contributed by atoms with Crippen LogP contribution in [0.1, 0.15) is 6.92 Å². The number of aromatic nitrogens is 2. The van der Waals surface area contributed by atoms with Gasteiger partial charge in [0.25, 0.3) is 0 Å². The van der Waals surface area contributed by atoms with Gasteiger partial charge in [-0.05, 0) is 6.92 Å². The lowest BCUT2D eigenvalue weighted by molar-refractivity contribution is 0.670. The van der Waals surface area contributed by atoms with E-state index in [2.05, 4.69) is 21.9 Å². The van der Waals surface area contributed by atoms with Gasteiger partial charge < -0.3 is 15.6 Å². The minimum atomic E-state index is 0.457. The van der Waals surface area contributed by atoms with Gasteiger partial charge in [-0.1, -0.05) is 12.2 Å². The molecule has 0 spiro atoms. The van der Waals surface area contributed by atoms with Crippen molar-refractivity contribution in [2.45, 2.75) is 13.5 Å². The number of nitrogens with one attached hydrogen (secondary N) is 1. The van der Waals surface area contributed by atoms with Gasteiger partial charge in [0.2, 0.25) is 0 Å². The second-order valence-electron chi connectivity index (χ2n) is 3.39. The molecule has 0 aliphatic heterocycles. The summed E-state index contributed by atoms with van der Waals surface area (Å²) >= 11 is 0. The predicted octanol–water partition coefficient (Wildman–Crippen LogP) is 0.363. The molecule has 1 rings (SSSR count). The van der Waals surface area contributed by atoms with Gasteiger partial charge >= 0.3 is 0 Å². The topological polar surface area (TPSA) is 68.2 Å². The Balaban J connectivity index is 2.19. The summed E-state index contributed by atoms with van der Waals surface area (Å²) in [6.45, 7) is 7.80. The van der Waals surface area contributed by atoms with Crippen molar-refractivity contribution in [3.8, 4) is 0 Å². The number of rotatable bonds is 5. The molecule has 0 saturated heterocycles. The Morgan fingerprint density at radius 3 is 3.07 bits per heavy atom. The molecule has 0 unspecified atom stereocenters. The summed E-state index contributed by atoms with van der Waals surface area (Å²) in [6.07, 6.45) is 5.42. The second kappa shape index (κ2) is 5.85. The Kier molecular flexibility index (Phi) is 4.40. The fourth-order valence-electron chi connectivity index (χ4n) is 1.01. The largest absolute Gasteiger partial charge is 0.370 e. The molecule has 0 aliphatic carbocycles. The minimum absolute atomic E-state index is 0.457. The van der Waals surface area contributed by atoms with E-state index < -0.39 is 0 Å². The molecule has 0 aliphatic rings.